The Morgan fingerprint density at radius 1 is 1.53 bits per heavy atom. The number of nitrogens with zero attached hydrogens (tertiary/aromatic N) is 1. The monoisotopic (exact) mass is 208 g/mol. The molecular weight excluding hydrogens is 188 g/mol. The molecule has 1 aromatic heterocycles. The van der Waals surface area contributed by atoms with Crippen LogP contribution >= 0.6 is 0 Å². The van der Waals surface area contributed by atoms with Gasteiger partial charge in [0, 0.05) is 18.2 Å². The van der Waals surface area contributed by atoms with Gasteiger partial charge in [0.15, 0.2) is 0 Å². The number of hydrogen-bond acceptors (Lipinski definition) is 3. The first-order chi connectivity index (χ1) is 7.35. The van der Waals surface area contributed by atoms with Crippen LogP contribution < -0.4 is 5.73 Å². The second-order valence-corrected chi connectivity index (χ2v) is 4.27. The van der Waals surface area contributed by atoms with Gasteiger partial charge in [-0.1, -0.05) is 6.92 Å². The maximum atomic E-state index is 5.62. The van der Waals surface area contributed by atoms with Crippen LogP contribution in [0.3, 0.4) is 0 Å². The molecule has 0 atom stereocenters. The summed E-state index contributed by atoms with van der Waals surface area (Å²) in [5, 5.41) is 0. The molecule has 0 bridgehead atoms. The predicted molar refractivity (Wildman–Crippen MR) is 60.3 cm³/mol. The Labute approximate surface area is 91.2 Å². The van der Waals surface area contributed by atoms with Crippen molar-refractivity contribution in [3.05, 3.63) is 23.7 Å². The third kappa shape index (κ3) is 2.61. The van der Waals surface area contributed by atoms with Gasteiger partial charge >= 0.3 is 0 Å². The molecule has 1 aliphatic rings. The molecule has 1 fully saturated rings. The summed E-state index contributed by atoms with van der Waals surface area (Å²) in [5.41, 5.74) is 6.89. The minimum Gasteiger partial charge on any atom is -0.468 e. The van der Waals surface area contributed by atoms with Crippen LogP contribution in [0.2, 0.25) is 0 Å². The fourth-order valence-electron chi connectivity index (χ4n) is 2.02. The molecule has 0 radical (unpaired) electrons. The first-order valence-corrected chi connectivity index (χ1v) is 5.84. The first kappa shape index (κ1) is 10.7. The van der Waals surface area contributed by atoms with Crippen LogP contribution in [-0.2, 0) is 13.1 Å². The topological polar surface area (TPSA) is 42.4 Å². The van der Waals surface area contributed by atoms with Crippen LogP contribution in [0.4, 0.5) is 0 Å². The van der Waals surface area contributed by atoms with E-state index in [-0.39, 0.29) is 0 Å². The fraction of sp³-hybridized carbons (Fsp3) is 0.667. The number of nitrogens with two attached hydrogens (primary N) is 1. The van der Waals surface area contributed by atoms with Gasteiger partial charge < -0.3 is 10.2 Å². The van der Waals surface area contributed by atoms with Crippen molar-refractivity contribution in [2.45, 2.75) is 45.3 Å². The Balaban J connectivity index is 1.98. The summed E-state index contributed by atoms with van der Waals surface area (Å²) in [4.78, 5) is 2.55. The highest BCUT2D eigenvalue weighted by molar-refractivity contribution is 5.17. The Bertz CT molecular complexity index is 304. The van der Waals surface area contributed by atoms with Gasteiger partial charge in [-0.15, -0.1) is 0 Å². The van der Waals surface area contributed by atoms with Crippen molar-refractivity contribution in [3.63, 3.8) is 0 Å². The average molecular weight is 208 g/mol. The van der Waals surface area contributed by atoms with Crippen LogP contribution in [0.1, 0.15) is 37.5 Å². The smallest absolute Gasteiger partial charge is 0.121 e. The highest BCUT2D eigenvalue weighted by Gasteiger charge is 2.28. The molecule has 84 valence electrons. The quantitative estimate of drug-likeness (QED) is 0.778. The molecule has 1 heterocycles. The van der Waals surface area contributed by atoms with Crippen molar-refractivity contribution in [2.75, 3.05) is 6.54 Å². The van der Waals surface area contributed by atoms with E-state index in [4.69, 9.17) is 10.2 Å². The molecule has 1 aromatic rings. The van der Waals surface area contributed by atoms with Crippen molar-refractivity contribution in [3.8, 4) is 0 Å². The third-order valence-corrected chi connectivity index (χ3v) is 2.97. The molecule has 1 aliphatic carbocycles. The number of rotatable bonds is 6. The van der Waals surface area contributed by atoms with Gasteiger partial charge in [-0.3, -0.25) is 4.90 Å². The first-order valence-electron chi connectivity index (χ1n) is 5.84. The standard InChI is InChI=1S/C12H20N2O/c1-2-6-14(11-3-4-11)9-10-5-7-15-12(10)8-13/h5,7,11H,2-4,6,8-9,13H2,1H3. The fourth-order valence-corrected chi connectivity index (χ4v) is 2.02. The zero-order chi connectivity index (χ0) is 10.7. The summed E-state index contributed by atoms with van der Waals surface area (Å²) in [5.74, 6) is 0.941. The van der Waals surface area contributed by atoms with Gasteiger partial charge in [0.2, 0.25) is 0 Å². The molecule has 2 rings (SSSR count). The zero-order valence-corrected chi connectivity index (χ0v) is 9.41. The van der Waals surface area contributed by atoms with E-state index in [2.05, 4.69) is 11.8 Å². The Morgan fingerprint density at radius 3 is 2.93 bits per heavy atom. The van der Waals surface area contributed by atoms with Crippen LogP contribution in [0.25, 0.3) is 0 Å². The maximum Gasteiger partial charge on any atom is 0.121 e. The molecule has 3 nitrogen and oxygen atoms in total. The minimum atomic E-state index is 0.507. The average Bonchev–Trinajstić information content (AvgIpc) is 2.99. The van der Waals surface area contributed by atoms with Crippen molar-refractivity contribution < 1.29 is 4.42 Å². The van der Waals surface area contributed by atoms with Crippen molar-refractivity contribution in [1.82, 2.24) is 4.90 Å². The van der Waals surface area contributed by atoms with E-state index in [0.717, 1.165) is 18.3 Å². The van der Waals surface area contributed by atoms with E-state index < -0.39 is 0 Å². The molecule has 0 spiro atoms. The predicted octanol–water partition coefficient (Wildman–Crippen LogP) is 2.11. The molecule has 0 aromatic carbocycles. The summed E-state index contributed by atoms with van der Waals surface area (Å²) in [6.45, 7) is 4.92. The molecular formula is C12H20N2O. The Morgan fingerprint density at radius 2 is 2.33 bits per heavy atom. The van der Waals surface area contributed by atoms with E-state index in [1.165, 1.54) is 31.4 Å². The van der Waals surface area contributed by atoms with E-state index in [1.54, 1.807) is 6.26 Å². The summed E-state index contributed by atoms with van der Waals surface area (Å²) < 4.78 is 5.34. The normalized spacial score (nSPS) is 16.2. The highest BCUT2D eigenvalue weighted by Crippen LogP contribution is 2.29. The molecule has 0 saturated heterocycles. The zero-order valence-electron chi connectivity index (χ0n) is 9.41. The molecule has 0 aliphatic heterocycles. The highest BCUT2D eigenvalue weighted by atomic mass is 16.3. The molecule has 2 N–H and O–H groups in total. The van der Waals surface area contributed by atoms with Crippen LogP contribution in [0.15, 0.2) is 16.7 Å². The largest absolute Gasteiger partial charge is 0.468 e. The summed E-state index contributed by atoms with van der Waals surface area (Å²) in [6, 6.07) is 2.86. The lowest BCUT2D eigenvalue weighted by atomic mass is 10.2. The molecule has 0 amide bonds. The van der Waals surface area contributed by atoms with E-state index in [9.17, 15) is 0 Å². The minimum absolute atomic E-state index is 0.507. The van der Waals surface area contributed by atoms with Crippen LogP contribution in [0, 0.1) is 0 Å². The summed E-state index contributed by atoms with van der Waals surface area (Å²) in [6.07, 6.45) is 5.67. The van der Waals surface area contributed by atoms with Crippen molar-refractivity contribution in [2.24, 2.45) is 5.73 Å². The van der Waals surface area contributed by atoms with Crippen molar-refractivity contribution in [1.29, 1.82) is 0 Å². The Kier molecular flexibility index (Phi) is 3.44. The van der Waals surface area contributed by atoms with E-state index >= 15 is 0 Å². The molecule has 15 heavy (non-hydrogen) atoms. The number of furan rings is 1. The molecule has 3 heteroatoms. The second kappa shape index (κ2) is 4.81. The van der Waals surface area contributed by atoms with Gasteiger partial charge in [0.1, 0.15) is 5.76 Å². The van der Waals surface area contributed by atoms with Gasteiger partial charge in [0.25, 0.3) is 0 Å². The van der Waals surface area contributed by atoms with E-state index in [0.29, 0.717) is 6.54 Å². The number of hydrogen-bond donors (Lipinski definition) is 1. The summed E-state index contributed by atoms with van der Waals surface area (Å²) in [7, 11) is 0. The van der Waals surface area contributed by atoms with E-state index in [1.807, 2.05) is 6.07 Å². The Hall–Kier alpha value is -0.800. The van der Waals surface area contributed by atoms with Gasteiger partial charge in [0.05, 0.1) is 12.8 Å². The molecule has 1 saturated carbocycles. The lowest BCUT2D eigenvalue weighted by Crippen LogP contribution is -2.26. The van der Waals surface area contributed by atoms with Crippen molar-refractivity contribution >= 4 is 0 Å². The molecule has 0 unspecified atom stereocenters. The lowest BCUT2D eigenvalue weighted by Gasteiger charge is -2.20. The summed E-state index contributed by atoms with van der Waals surface area (Å²) >= 11 is 0. The van der Waals surface area contributed by atoms with Gasteiger partial charge in [-0.2, -0.15) is 0 Å². The van der Waals surface area contributed by atoms with Gasteiger partial charge in [-0.25, -0.2) is 0 Å². The van der Waals surface area contributed by atoms with Gasteiger partial charge in [-0.05, 0) is 31.9 Å². The SMILES string of the molecule is CCCN(Cc1ccoc1CN)C1CC1. The second-order valence-electron chi connectivity index (χ2n) is 4.27. The maximum absolute atomic E-state index is 5.62. The third-order valence-electron chi connectivity index (χ3n) is 2.97. The lowest BCUT2D eigenvalue weighted by molar-refractivity contribution is 0.253. The van der Waals surface area contributed by atoms with Crippen LogP contribution in [0.5, 0.6) is 0 Å². The van der Waals surface area contributed by atoms with Crippen LogP contribution in [-0.4, -0.2) is 17.5 Å².